The molecule has 0 saturated carbocycles. The molecule has 0 aliphatic rings. The standard InChI is InChI=1S/C22H24N4OS2/c1-3-20-24-26-21(27)13-18(23-22(26)29-20)14-25(15-19-10-9-16(2)28-19)12-11-17-7-5-4-6-8-17/h4-10,13H,3,11-12,14-15H2,1-2H3. The Bertz CT molecular complexity index is 1150. The van der Waals surface area contributed by atoms with Gasteiger partial charge in [-0.05, 0) is 37.5 Å². The van der Waals surface area contributed by atoms with Crippen LogP contribution in [-0.2, 0) is 25.9 Å². The summed E-state index contributed by atoms with van der Waals surface area (Å²) in [6.45, 7) is 6.58. The van der Waals surface area contributed by atoms with Crippen molar-refractivity contribution >= 4 is 27.6 Å². The monoisotopic (exact) mass is 424 g/mol. The minimum Gasteiger partial charge on any atom is -0.292 e. The SMILES string of the molecule is CCc1nn2c(=O)cc(CN(CCc3ccccc3)Cc3ccc(C)s3)nc2s1. The molecule has 0 amide bonds. The van der Waals surface area contributed by atoms with Crippen LogP contribution in [0.4, 0.5) is 0 Å². The highest BCUT2D eigenvalue weighted by Crippen LogP contribution is 2.19. The van der Waals surface area contributed by atoms with Gasteiger partial charge in [0.05, 0.1) is 5.69 Å². The molecular formula is C22H24N4OS2. The number of aromatic nitrogens is 3. The van der Waals surface area contributed by atoms with Crippen LogP contribution >= 0.6 is 22.7 Å². The molecule has 4 rings (SSSR count). The Morgan fingerprint density at radius 2 is 1.90 bits per heavy atom. The Labute approximate surface area is 178 Å². The molecule has 0 radical (unpaired) electrons. The number of aryl methyl sites for hydroxylation is 2. The lowest BCUT2D eigenvalue weighted by Crippen LogP contribution is -2.27. The second kappa shape index (κ2) is 8.98. The van der Waals surface area contributed by atoms with Gasteiger partial charge < -0.3 is 0 Å². The minimum atomic E-state index is -0.101. The van der Waals surface area contributed by atoms with Crippen LogP contribution in [0.3, 0.4) is 0 Å². The maximum absolute atomic E-state index is 12.5. The van der Waals surface area contributed by atoms with Crippen LogP contribution in [0.25, 0.3) is 4.96 Å². The molecule has 3 heterocycles. The molecule has 150 valence electrons. The molecule has 1 aromatic carbocycles. The number of rotatable bonds is 8. The quantitative estimate of drug-likeness (QED) is 0.422. The van der Waals surface area contributed by atoms with Crippen molar-refractivity contribution < 1.29 is 0 Å². The lowest BCUT2D eigenvalue weighted by Gasteiger charge is -2.21. The van der Waals surface area contributed by atoms with Crippen LogP contribution in [0, 0.1) is 6.92 Å². The van der Waals surface area contributed by atoms with Gasteiger partial charge in [-0.3, -0.25) is 9.69 Å². The molecular weight excluding hydrogens is 400 g/mol. The topological polar surface area (TPSA) is 50.5 Å². The number of hydrogen-bond acceptors (Lipinski definition) is 6. The molecule has 7 heteroatoms. The molecule has 0 N–H and O–H groups in total. The van der Waals surface area contributed by atoms with E-state index in [0.29, 0.717) is 11.5 Å². The highest BCUT2D eigenvalue weighted by Gasteiger charge is 2.13. The largest absolute Gasteiger partial charge is 0.292 e. The zero-order valence-corrected chi connectivity index (χ0v) is 18.3. The second-order valence-electron chi connectivity index (χ2n) is 7.09. The third-order valence-corrected chi connectivity index (χ3v) is 6.80. The molecule has 0 saturated heterocycles. The van der Waals surface area contributed by atoms with E-state index in [2.05, 4.69) is 53.3 Å². The van der Waals surface area contributed by atoms with Crippen molar-refractivity contribution in [1.82, 2.24) is 19.5 Å². The van der Waals surface area contributed by atoms with Crippen molar-refractivity contribution in [2.45, 2.75) is 39.8 Å². The molecule has 5 nitrogen and oxygen atoms in total. The molecule has 0 bridgehead atoms. The van der Waals surface area contributed by atoms with Gasteiger partial charge in [0.2, 0.25) is 4.96 Å². The maximum atomic E-state index is 12.5. The third kappa shape index (κ3) is 4.98. The number of thiophene rings is 1. The summed E-state index contributed by atoms with van der Waals surface area (Å²) in [6, 6.07) is 16.5. The van der Waals surface area contributed by atoms with Gasteiger partial charge in [0.15, 0.2) is 0 Å². The van der Waals surface area contributed by atoms with Crippen molar-refractivity contribution in [3.05, 3.63) is 84.9 Å². The number of hydrogen-bond donors (Lipinski definition) is 0. The van der Waals surface area contributed by atoms with Crippen molar-refractivity contribution in [3.63, 3.8) is 0 Å². The lowest BCUT2D eigenvalue weighted by molar-refractivity contribution is 0.259. The average molecular weight is 425 g/mol. The molecule has 29 heavy (non-hydrogen) atoms. The fourth-order valence-corrected chi connectivity index (χ4v) is 5.08. The van der Waals surface area contributed by atoms with Gasteiger partial charge in [0.1, 0.15) is 5.01 Å². The Morgan fingerprint density at radius 3 is 2.62 bits per heavy atom. The predicted molar refractivity (Wildman–Crippen MR) is 120 cm³/mol. The molecule has 0 fully saturated rings. The molecule has 0 aliphatic carbocycles. The van der Waals surface area contributed by atoms with E-state index < -0.39 is 0 Å². The Kier molecular flexibility index (Phi) is 6.18. The van der Waals surface area contributed by atoms with Gasteiger partial charge in [-0.2, -0.15) is 9.61 Å². The van der Waals surface area contributed by atoms with E-state index in [1.165, 1.54) is 31.2 Å². The van der Waals surface area contributed by atoms with Crippen LogP contribution < -0.4 is 5.56 Å². The van der Waals surface area contributed by atoms with Gasteiger partial charge in [0, 0.05) is 35.5 Å². The predicted octanol–water partition coefficient (Wildman–Crippen LogP) is 4.33. The van der Waals surface area contributed by atoms with Crippen molar-refractivity contribution in [1.29, 1.82) is 0 Å². The van der Waals surface area contributed by atoms with Crippen LogP contribution in [0.15, 0.2) is 53.3 Å². The van der Waals surface area contributed by atoms with Gasteiger partial charge >= 0.3 is 0 Å². The van der Waals surface area contributed by atoms with Crippen LogP contribution in [0.2, 0.25) is 0 Å². The Balaban J connectivity index is 1.56. The summed E-state index contributed by atoms with van der Waals surface area (Å²) in [6.07, 6.45) is 1.77. The number of benzene rings is 1. The van der Waals surface area contributed by atoms with Crippen LogP contribution in [0.5, 0.6) is 0 Å². The van der Waals surface area contributed by atoms with E-state index in [4.69, 9.17) is 4.98 Å². The molecule has 0 aliphatic heterocycles. The first kappa shape index (κ1) is 19.9. The smallest absolute Gasteiger partial charge is 0.275 e. The summed E-state index contributed by atoms with van der Waals surface area (Å²) in [5.41, 5.74) is 2.02. The normalized spacial score (nSPS) is 11.6. The second-order valence-corrected chi connectivity index (χ2v) is 9.50. The van der Waals surface area contributed by atoms with E-state index in [1.807, 2.05) is 24.3 Å². The average Bonchev–Trinajstić information content (AvgIpc) is 3.33. The van der Waals surface area contributed by atoms with E-state index in [-0.39, 0.29) is 5.56 Å². The highest BCUT2D eigenvalue weighted by atomic mass is 32.1. The van der Waals surface area contributed by atoms with Gasteiger partial charge in [-0.1, -0.05) is 48.6 Å². The van der Waals surface area contributed by atoms with E-state index in [1.54, 1.807) is 6.07 Å². The van der Waals surface area contributed by atoms with E-state index >= 15 is 0 Å². The summed E-state index contributed by atoms with van der Waals surface area (Å²) in [7, 11) is 0. The maximum Gasteiger partial charge on any atom is 0.275 e. The summed E-state index contributed by atoms with van der Waals surface area (Å²) in [5.74, 6) is 0. The fraction of sp³-hybridized carbons (Fsp3) is 0.318. The molecule has 4 aromatic rings. The van der Waals surface area contributed by atoms with Crippen LogP contribution in [0.1, 0.15) is 32.9 Å². The van der Waals surface area contributed by atoms with E-state index in [9.17, 15) is 4.79 Å². The first-order chi connectivity index (χ1) is 14.1. The van der Waals surface area contributed by atoms with Crippen molar-refractivity contribution in [2.24, 2.45) is 0 Å². The van der Waals surface area contributed by atoms with E-state index in [0.717, 1.165) is 36.6 Å². The van der Waals surface area contributed by atoms with Crippen molar-refractivity contribution in [3.8, 4) is 0 Å². The first-order valence-electron chi connectivity index (χ1n) is 9.81. The van der Waals surface area contributed by atoms with Gasteiger partial charge in [0.25, 0.3) is 5.56 Å². The summed E-state index contributed by atoms with van der Waals surface area (Å²) in [4.78, 5) is 22.9. The minimum absolute atomic E-state index is 0.101. The highest BCUT2D eigenvalue weighted by molar-refractivity contribution is 7.16. The number of nitrogens with zero attached hydrogens (tertiary/aromatic N) is 4. The zero-order valence-electron chi connectivity index (χ0n) is 16.7. The molecule has 3 aromatic heterocycles. The van der Waals surface area contributed by atoms with Gasteiger partial charge in [-0.15, -0.1) is 11.3 Å². The summed E-state index contributed by atoms with van der Waals surface area (Å²) < 4.78 is 1.42. The van der Waals surface area contributed by atoms with Crippen LogP contribution in [-0.4, -0.2) is 26.0 Å². The first-order valence-corrected chi connectivity index (χ1v) is 11.4. The Hall–Kier alpha value is -2.35. The summed E-state index contributed by atoms with van der Waals surface area (Å²) in [5, 5.41) is 5.28. The summed E-state index contributed by atoms with van der Waals surface area (Å²) >= 11 is 3.32. The number of fused-ring (bicyclic) bond motifs is 1. The lowest BCUT2D eigenvalue weighted by atomic mass is 10.1. The Morgan fingerprint density at radius 1 is 1.07 bits per heavy atom. The fourth-order valence-electron chi connectivity index (χ4n) is 3.29. The van der Waals surface area contributed by atoms with Gasteiger partial charge in [-0.25, -0.2) is 4.98 Å². The van der Waals surface area contributed by atoms with Crippen molar-refractivity contribution in [2.75, 3.05) is 6.54 Å². The third-order valence-electron chi connectivity index (χ3n) is 4.76. The molecule has 0 spiro atoms. The molecule has 0 atom stereocenters. The zero-order chi connectivity index (χ0) is 20.2. The molecule has 0 unspecified atom stereocenters.